The number of sulfonamides is 1. The maximum Gasteiger partial charge on any atom is 0.416 e. The van der Waals surface area contributed by atoms with E-state index in [-0.39, 0.29) is 17.7 Å². The second-order valence-corrected chi connectivity index (χ2v) is 12.3. The third kappa shape index (κ3) is 6.78. The minimum atomic E-state index is -4.51. The van der Waals surface area contributed by atoms with Crippen LogP contribution in [-0.4, -0.2) is 38.0 Å². The highest BCUT2D eigenvalue weighted by Gasteiger charge is 2.42. The molecule has 0 aliphatic carbocycles. The number of carboxylic acids is 1. The van der Waals surface area contributed by atoms with Crippen LogP contribution in [0.5, 0.6) is 0 Å². The lowest BCUT2D eigenvalue weighted by molar-refractivity contribution is -0.138. The van der Waals surface area contributed by atoms with Crippen molar-refractivity contribution in [2.24, 2.45) is 0 Å². The van der Waals surface area contributed by atoms with Crippen LogP contribution in [0.1, 0.15) is 28.7 Å². The lowest BCUT2D eigenvalue weighted by atomic mass is 10.0. The summed E-state index contributed by atoms with van der Waals surface area (Å²) in [6.45, 7) is 0.308. The molecule has 0 saturated heterocycles. The van der Waals surface area contributed by atoms with E-state index in [0.717, 1.165) is 22.0 Å². The van der Waals surface area contributed by atoms with Gasteiger partial charge in [0.15, 0.2) is 0 Å². The number of nitrogens with zero attached hydrogens (tertiary/aromatic N) is 1. The molecule has 0 radical (unpaired) electrons. The van der Waals surface area contributed by atoms with Crippen LogP contribution in [-0.2, 0) is 45.1 Å². The molecule has 0 spiro atoms. The molecule has 0 fully saturated rings. The van der Waals surface area contributed by atoms with Crippen LogP contribution in [0.25, 0.3) is 11.1 Å². The number of anilines is 1. The number of carbonyl (C=O) groups is 2. The normalized spacial score (nSPS) is 14.7. The summed E-state index contributed by atoms with van der Waals surface area (Å²) in [5, 5.41) is 11.8. The minimum Gasteiger partial charge on any atom is -0.481 e. The summed E-state index contributed by atoms with van der Waals surface area (Å²) in [6.07, 6.45) is -3.15. The molecule has 0 aromatic heterocycles. The van der Waals surface area contributed by atoms with Crippen LogP contribution in [0.15, 0.2) is 102 Å². The fourth-order valence-electron chi connectivity index (χ4n) is 5.28. The van der Waals surface area contributed by atoms with E-state index < -0.39 is 39.7 Å². The van der Waals surface area contributed by atoms with Crippen molar-refractivity contribution in [3.05, 3.63) is 119 Å². The number of hydrogen-bond donors (Lipinski definition) is 2. The summed E-state index contributed by atoms with van der Waals surface area (Å²) in [4.78, 5) is 24.1. The lowest BCUT2D eigenvalue weighted by Gasteiger charge is -2.26. The van der Waals surface area contributed by atoms with Crippen molar-refractivity contribution in [3.8, 4) is 11.1 Å². The largest absolute Gasteiger partial charge is 0.481 e. The Hall–Kier alpha value is -4.64. The van der Waals surface area contributed by atoms with E-state index in [4.69, 9.17) is 5.11 Å². The van der Waals surface area contributed by atoms with Crippen molar-refractivity contribution in [1.82, 2.24) is 5.32 Å². The van der Waals surface area contributed by atoms with Gasteiger partial charge in [-0.3, -0.25) is 13.9 Å². The van der Waals surface area contributed by atoms with E-state index in [1.165, 1.54) is 36.4 Å². The SMILES string of the molecule is O=C(O)Cc1ccc(CCCNC(=O)[C@@H]2Cc3ccccc3N2S(=O)(=O)c2ccc(-c3cccc(C(F)(F)F)c3)cc2)cc1. The second kappa shape index (κ2) is 12.5. The average Bonchev–Trinajstić information content (AvgIpc) is 3.40. The zero-order chi connectivity index (χ0) is 31.5. The lowest BCUT2D eigenvalue weighted by Crippen LogP contribution is -2.48. The standard InChI is InChI=1S/C33H29F3N2O5S/c34-33(35,36)27-8-3-7-25(20-27)24-14-16-28(17-15-24)44(42,43)38-29-9-2-1-6-26(29)21-30(38)32(41)37-18-4-5-22-10-12-23(13-11-22)19-31(39)40/h1-3,6-17,20,30H,4-5,18-19,21H2,(H,37,41)(H,39,40)/t30-/m0/s1. The van der Waals surface area contributed by atoms with Gasteiger partial charge in [-0.15, -0.1) is 0 Å². The Kier molecular flexibility index (Phi) is 8.78. The minimum absolute atomic E-state index is 0.0561. The number of nitrogens with one attached hydrogen (secondary N) is 1. The monoisotopic (exact) mass is 622 g/mol. The molecular weight excluding hydrogens is 593 g/mol. The number of aryl methyl sites for hydroxylation is 1. The molecule has 1 aliphatic rings. The highest BCUT2D eigenvalue weighted by molar-refractivity contribution is 7.93. The Morgan fingerprint density at radius 2 is 1.55 bits per heavy atom. The summed E-state index contributed by atoms with van der Waals surface area (Å²) >= 11 is 0. The van der Waals surface area contributed by atoms with E-state index in [0.29, 0.717) is 47.3 Å². The summed E-state index contributed by atoms with van der Waals surface area (Å²) < 4.78 is 68.5. The number of carboxylic acid groups (broad SMARTS) is 1. The summed E-state index contributed by atoms with van der Waals surface area (Å²) in [6, 6.07) is 23.4. The summed E-state index contributed by atoms with van der Waals surface area (Å²) in [5.74, 6) is -1.35. The van der Waals surface area contributed by atoms with Crippen LogP contribution in [0.2, 0.25) is 0 Å². The van der Waals surface area contributed by atoms with E-state index >= 15 is 0 Å². The van der Waals surface area contributed by atoms with Crippen LogP contribution in [0, 0.1) is 0 Å². The predicted octanol–water partition coefficient (Wildman–Crippen LogP) is 5.87. The maximum absolute atomic E-state index is 13.9. The van der Waals surface area contributed by atoms with Crippen LogP contribution in [0.4, 0.5) is 18.9 Å². The molecular formula is C33H29F3N2O5S. The molecule has 4 aromatic rings. The zero-order valence-corrected chi connectivity index (χ0v) is 24.2. The first-order valence-corrected chi connectivity index (χ1v) is 15.3. The zero-order valence-electron chi connectivity index (χ0n) is 23.4. The molecule has 11 heteroatoms. The van der Waals surface area contributed by atoms with Crippen molar-refractivity contribution in [1.29, 1.82) is 0 Å². The number of halogens is 3. The highest BCUT2D eigenvalue weighted by Crippen LogP contribution is 2.38. The van der Waals surface area contributed by atoms with Crippen molar-refractivity contribution in [3.63, 3.8) is 0 Å². The van der Waals surface area contributed by atoms with Crippen LogP contribution < -0.4 is 9.62 Å². The maximum atomic E-state index is 13.9. The van der Waals surface area contributed by atoms with Gasteiger partial charge in [-0.25, -0.2) is 8.42 Å². The van der Waals surface area contributed by atoms with Gasteiger partial charge in [0.05, 0.1) is 22.6 Å². The fourth-order valence-corrected chi connectivity index (χ4v) is 6.93. The molecule has 228 valence electrons. The van der Waals surface area contributed by atoms with Gasteiger partial charge < -0.3 is 10.4 Å². The third-order valence-corrected chi connectivity index (χ3v) is 9.32. The number of aliphatic carboxylic acids is 1. The molecule has 7 nitrogen and oxygen atoms in total. The molecule has 1 aliphatic heterocycles. The Balaban J connectivity index is 1.30. The number of hydrogen-bond acceptors (Lipinski definition) is 4. The molecule has 1 heterocycles. The quantitative estimate of drug-likeness (QED) is 0.216. The number of amides is 1. The molecule has 0 unspecified atom stereocenters. The van der Waals surface area contributed by atoms with Gasteiger partial charge in [-0.1, -0.05) is 66.7 Å². The molecule has 44 heavy (non-hydrogen) atoms. The Bertz CT molecular complexity index is 1770. The topological polar surface area (TPSA) is 104 Å². The van der Waals surface area contributed by atoms with Gasteiger partial charge in [-0.2, -0.15) is 13.2 Å². The van der Waals surface area contributed by atoms with E-state index in [2.05, 4.69) is 5.32 Å². The second-order valence-electron chi connectivity index (χ2n) is 10.5. The Morgan fingerprint density at radius 3 is 2.23 bits per heavy atom. The smallest absolute Gasteiger partial charge is 0.416 e. The number of carbonyl (C=O) groups excluding carboxylic acids is 1. The molecule has 2 N–H and O–H groups in total. The first kappa shape index (κ1) is 30.8. The summed E-state index contributed by atoms with van der Waals surface area (Å²) in [7, 11) is -4.21. The van der Waals surface area contributed by atoms with Crippen molar-refractivity contribution < 1.29 is 36.3 Å². The van der Waals surface area contributed by atoms with Crippen molar-refractivity contribution in [2.45, 2.75) is 42.8 Å². The van der Waals surface area contributed by atoms with E-state index in [9.17, 15) is 31.2 Å². The molecule has 0 bridgehead atoms. The third-order valence-electron chi connectivity index (χ3n) is 7.48. The van der Waals surface area contributed by atoms with Crippen LogP contribution >= 0.6 is 0 Å². The number of rotatable bonds is 10. The first-order chi connectivity index (χ1) is 20.9. The van der Waals surface area contributed by atoms with Crippen molar-refractivity contribution in [2.75, 3.05) is 10.8 Å². The average molecular weight is 623 g/mol. The van der Waals surface area contributed by atoms with Crippen molar-refractivity contribution >= 4 is 27.6 Å². The van der Waals surface area contributed by atoms with Crippen LogP contribution in [0.3, 0.4) is 0 Å². The number of benzene rings is 4. The van der Waals surface area contributed by atoms with Gasteiger partial charge in [0.2, 0.25) is 5.91 Å². The van der Waals surface area contributed by atoms with Gasteiger partial charge in [-0.05, 0) is 71.0 Å². The van der Waals surface area contributed by atoms with Gasteiger partial charge in [0.1, 0.15) is 6.04 Å². The summed E-state index contributed by atoms with van der Waals surface area (Å²) in [5.41, 5.74) is 2.70. The molecule has 1 atom stereocenters. The first-order valence-electron chi connectivity index (χ1n) is 13.9. The number of fused-ring (bicyclic) bond motifs is 1. The molecule has 5 rings (SSSR count). The molecule has 4 aromatic carbocycles. The van der Waals surface area contributed by atoms with Gasteiger partial charge in [0.25, 0.3) is 10.0 Å². The van der Waals surface area contributed by atoms with Gasteiger partial charge in [0, 0.05) is 13.0 Å². The predicted molar refractivity (Wildman–Crippen MR) is 160 cm³/mol. The molecule has 1 amide bonds. The highest BCUT2D eigenvalue weighted by atomic mass is 32.2. The number of para-hydroxylation sites is 1. The fraction of sp³-hybridized carbons (Fsp3) is 0.212. The van der Waals surface area contributed by atoms with E-state index in [1.807, 2.05) is 12.1 Å². The Morgan fingerprint density at radius 1 is 0.864 bits per heavy atom. The van der Waals surface area contributed by atoms with Gasteiger partial charge >= 0.3 is 12.1 Å². The number of alkyl halides is 3. The Labute approximate surface area is 253 Å². The van der Waals surface area contributed by atoms with E-state index in [1.54, 1.807) is 36.4 Å². The molecule has 0 saturated carbocycles.